The molecule has 5 aromatic heterocycles. The predicted molar refractivity (Wildman–Crippen MR) is 155 cm³/mol. The Balaban J connectivity index is 1.11. The quantitative estimate of drug-likeness (QED) is 0.227. The molecule has 214 valence electrons. The fourth-order valence-corrected chi connectivity index (χ4v) is 5.36. The van der Waals surface area contributed by atoms with E-state index in [9.17, 15) is 14.0 Å². The number of H-pyrrole nitrogens is 1. The number of carbonyl (C=O) groups excluding carboxylic acids is 2. The summed E-state index contributed by atoms with van der Waals surface area (Å²) in [5.41, 5.74) is 3.84. The third kappa shape index (κ3) is 4.90. The number of carbonyl (C=O) groups is 2. The van der Waals surface area contributed by atoms with E-state index < -0.39 is 17.5 Å². The van der Waals surface area contributed by atoms with Gasteiger partial charge in [-0.15, -0.1) is 5.10 Å². The van der Waals surface area contributed by atoms with Crippen molar-refractivity contribution in [3.05, 3.63) is 103 Å². The summed E-state index contributed by atoms with van der Waals surface area (Å²) in [6.07, 6.45) is 9.11. The van der Waals surface area contributed by atoms with Gasteiger partial charge in [0.05, 0.1) is 53.0 Å². The average Bonchev–Trinajstić information content (AvgIpc) is 3.83. The maximum atomic E-state index is 14.9. The number of aromatic nitrogens is 8. The summed E-state index contributed by atoms with van der Waals surface area (Å²) in [6, 6.07) is 15.7. The first-order chi connectivity index (χ1) is 21.1. The zero-order valence-electron chi connectivity index (χ0n) is 22.8. The van der Waals surface area contributed by atoms with E-state index in [4.69, 9.17) is 5.10 Å². The Kier molecular flexibility index (Phi) is 6.66. The molecule has 6 aromatic rings. The van der Waals surface area contributed by atoms with Gasteiger partial charge in [0.2, 0.25) is 0 Å². The van der Waals surface area contributed by atoms with Crippen LogP contribution in [0.1, 0.15) is 16.1 Å². The third-order valence-electron chi connectivity index (χ3n) is 7.47. The molecule has 1 amide bonds. The molecule has 1 aliphatic heterocycles. The van der Waals surface area contributed by atoms with Gasteiger partial charge in [-0.1, -0.05) is 41.6 Å². The van der Waals surface area contributed by atoms with E-state index in [2.05, 4.69) is 30.2 Å². The standard InChI is InChI=1S/C30H25FN10O2/c31-23-17-34-29(41-11-10-35-37-41)27-25(23)22(16-33-27)28(42)30(43)39-14-12-38(13-15-39)24-19-40(18-21-8-4-5-9-32-21)36-26(24)20-6-2-1-3-7-20/h1-11,16-17,19,33H,12-15,18H2. The maximum Gasteiger partial charge on any atom is 0.295 e. The number of anilines is 1. The zero-order valence-corrected chi connectivity index (χ0v) is 22.8. The van der Waals surface area contributed by atoms with E-state index in [0.717, 1.165) is 28.8 Å². The van der Waals surface area contributed by atoms with Crippen LogP contribution in [0.25, 0.3) is 28.0 Å². The van der Waals surface area contributed by atoms with Crippen LogP contribution >= 0.6 is 0 Å². The number of benzene rings is 1. The van der Waals surface area contributed by atoms with Gasteiger partial charge in [0.1, 0.15) is 5.69 Å². The van der Waals surface area contributed by atoms with Crippen molar-refractivity contribution in [2.24, 2.45) is 0 Å². The van der Waals surface area contributed by atoms with Crippen LogP contribution in [0.5, 0.6) is 0 Å². The molecule has 1 aliphatic rings. The van der Waals surface area contributed by atoms with Gasteiger partial charge in [-0.2, -0.15) is 5.10 Å². The van der Waals surface area contributed by atoms with E-state index >= 15 is 0 Å². The molecule has 0 atom stereocenters. The summed E-state index contributed by atoms with van der Waals surface area (Å²) >= 11 is 0. The number of piperazine rings is 1. The Morgan fingerprint density at radius 1 is 0.953 bits per heavy atom. The summed E-state index contributed by atoms with van der Waals surface area (Å²) in [5, 5.41) is 12.5. The van der Waals surface area contributed by atoms with Crippen molar-refractivity contribution in [2.45, 2.75) is 6.54 Å². The highest BCUT2D eigenvalue weighted by Gasteiger charge is 2.31. The van der Waals surface area contributed by atoms with Crippen LogP contribution in [0.15, 0.2) is 85.7 Å². The molecule has 0 aliphatic carbocycles. The minimum Gasteiger partial charge on any atom is -0.365 e. The van der Waals surface area contributed by atoms with Crippen molar-refractivity contribution >= 4 is 28.3 Å². The highest BCUT2D eigenvalue weighted by atomic mass is 19.1. The fourth-order valence-electron chi connectivity index (χ4n) is 5.36. The summed E-state index contributed by atoms with van der Waals surface area (Å²) in [4.78, 5) is 41.8. The highest BCUT2D eigenvalue weighted by Crippen LogP contribution is 2.31. The van der Waals surface area contributed by atoms with Gasteiger partial charge in [0, 0.05) is 50.3 Å². The van der Waals surface area contributed by atoms with E-state index in [1.54, 1.807) is 12.4 Å². The Morgan fingerprint density at radius 2 is 1.77 bits per heavy atom. The lowest BCUT2D eigenvalue weighted by molar-refractivity contribution is -0.126. The Labute approximate surface area is 244 Å². The van der Waals surface area contributed by atoms with Crippen molar-refractivity contribution in [3.8, 4) is 17.1 Å². The molecule has 6 heterocycles. The predicted octanol–water partition coefficient (Wildman–Crippen LogP) is 3.12. The summed E-state index contributed by atoms with van der Waals surface area (Å²) in [5.74, 6) is -1.92. The van der Waals surface area contributed by atoms with E-state index in [0.29, 0.717) is 32.7 Å². The van der Waals surface area contributed by atoms with E-state index in [1.807, 2.05) is 59.4 Å². The lowest BCUT2D eigenvalue weighted by atomic mass is 10.1. The van der Waals surface area contributed by atoms with Crippen LogP contribution in [-0.4, -0.2) is 82.5 Å². The number of ketones is 1. The molecule has 1 saturated heterocycles. The molecular weight excluding hydrogens is 551 g/mol. The smallest absolute Gasteiger partial charge is 0.295 e. The minimum absolute atomic E-state index is 0.00897. The number of Topliss-reactive ketones (excluding diaryl/α,β-unsaturated/α-hetero) is 1. The maximum absolute atomic E-state index is 14.9. The SMILES string of the molecule is O=C(C(=O)N1CCN(c2cn(Cc3ccccn3)nc2-c2ccccc2)CC1)c1c[nH]c2c(-n3ccnn3)ncc(F)c12. The van der Waals surface area contributed by atoms with E-state index in [1.165, 1.54) is 22.0 Å². The van der Waals surface area contributed by atoms with Gasteiger partial charge in [-0.25, -0.2) is 14.1 Å². The van der Waals surface area contributed by atoms with Crippen LogP contribution < -0.4 is 4.90 Å². The van der Waals surface area contributed by atoms with Gasteiger partial charge in [0.25, 0.3) is 11.7 Å². The second-order valence-corrected chi connectivity index (χ2v) is 10.1. The van der Waals surface area contributed by atoms with Gasteiger partial charge >= 0.3 is 0 Å². The molecule has 0 bridgehead atoms. The van der Waals surface area contributed by atoms with Gasteiger partial charge in [-0.05, 0) is 12.1 Å². The van der Waals surface area contributed by atoms with Crippen LogP contribution in [0, 0.1) is 5.82 Å². The van der Waals surface area contributed by atoms with Crippen molar-refractivity contribution in [1.82, 2.24) is 44.6 Å². The Morgan fingerprint density at radius 3 is 2.51 bits per heavy atom. The van der Waals surface area contributed by atoms with Crippen LogP contribution in [0.3, 0.4) is 0 Å². The number of nitrogens with zero attached hydrogens (tertiary/aromatic N) is 9. The molecule has 0 unspecified atom stereocenters. The second kappa shape index (κ2) is 10.9. The molecule has 1 aromatic carbocycles. The number of hydrogen-bond donors (Lipinski definition) is 1. The molecule has 1 N–H and O–H groups in total. The summed E-state index contributed by atoms with van der Waals surface area (Å²) < 4.78 is 18.1. The average molecular weight is 577 g/mol. The van der Waals surface area contributed by atoms with Gasteiger partial charge < -0.3 is 14.8 Å². The molecule has 0 radical (unpaired) electrons. The number of aromatic amines is 1. The van der Waals surface area contributed by atoms with Gasteiger partial charge in [0.15, 0.2) is 11.6 Å². The summed E-state index contributed by atoms with van der Waals surface area (Å²) in [7, 11) is 0. The number of amides is 1. The van der Waals surface area contributed by atoms with Crippen molar-refractivity contribution in [1.29, 1.82) is 0 Å². The fraction of sp³-hybridized carbons (Fsp3) is 0.167. The normalized spacial score (nSPS) is 13.5. The topological polar surface area (TPSA) is 131 Å². The van der Waals surface area contributed by atoms with Crippen LogP contribution in [-0.2, 0) is 11.3 Å². The minimum atomic E-state index is -0.789. The number of pyridine rings is 2. The molecule has 43 heavy (non-hydrogen) atoms. The molecule has 12 nitrogen and oxygen atoms in total. The van der Waals surface area contributed by atoms with Crippen molar-refractivity contribution < 1.29 is 14.0 Å². The lowest BCUT2D eigenvalue weighted by Gasteiger charge is -2.35. The first kappa shape index (κ1) is 26.2. The number of halogens is 1. The van der Waals surface area contributed by atoms with E-state index in [-0.39, 0.29) is 22.3 Å². The van der Waals surface area contributed by atoms with Crippen molar-refractivity contribution in [3.63, 3.8) is 0 Å². The largest absolute Gasteiger partial charge is 0.365 e. The number of fused-ring (bicyclic) bond motifs is 1. The molecule has 0 saturated carbocycles. The third-order valence-corrected chi connectivity index (χ3v) is 7.47. The van der Waals surface area contributed by atoms with Crippen molar-refractivity contribution in [2.75, 3.05) is 31.1 Å². The monoisotopic (exact) mass is 576 g/mol. The molecule has 1 fully saturated rings. The summed E-state index contributed by atoms with van der Waals surface area (Å²) in [6.45, 7) is 2.15. The molecule has 0 spiro atoms. The first-order valence-corrected chi connectivity index (χ1v) is 13.7. The molecular formula is C30H25FN10O2. The molecule has 7 rings (SSSR count). The first-order valence-electron chi connectivity index (χ1n) is 13.7. The Bertz CT molecular complexity index is 1910. The van der Waals surface area contributed by atoms with Gasteiger partial charge in [-0.3, -0.25) is 19.3 Å². The zero-order chi connectivity index (χ0) is 29.3. The van der Waals surface area contributed by atoms with Crippen LogP contribution in [0.4, 0.5) is 10.1 Å². The molecule has 13 heteroatoms. The number of rotatable bonds is 7. The number of hydrogen-bond acceptors (Lipinski definition) is 8. The number of nitrogens with one attached hydrogen (secondary N) is 1. The highest BCUT2D eigenvalue weighted by molar-refractivity contribution is 6.45. The lowest BCUT2D eigenvalue weighted by Crippen LogP contribution is -2.50. The van der Waals surface area contributed by atoms with Crippen LogP contribution in [0.2, 0.25) is 0 Å². The Hall–Kier alpha value is -5.72. The second-order valence-electron chi connectivity index (χ2n) is 10.1.